The average Bonchev–Trinajstić information content (AvgIpc) is 2.29. The van der Waals surface area contributed by atoms with E-state index in [4.69, 9.17) is 4.74 Å². The number of methoxy groups -OCH3 is 1. The molecule has 0 saturated carbocycles. The molecule has 0 bridgehead atoms. The Kier molecular flexibility index (Phi) is 7.83. The standard InChI is InChI=1S/C11H25N3O/c1-15-11-3-5-12-4-2-8-14-9-6-13-7-10-14/h12-13H,2-11H2,1H3. The molecule has 0 spiro atoms. The van der Waals surface area contributed by atoms with Crippen LogP contribution in [-0.2, 0) is 4.74 Å². The number of piperazine rings is 1. The second-order valence-electron chi connectivity index (χ2n) is 4.04. The highest BCUT2D eigenvalue weighted by molar-refractivity contribution is 4.67. The molecule has 1 aliphatic rings. The van der Waals surface area contributed by atoms with Gasteiger partial charge in [0.25, 0.3) is 0 Å². The Morgan fingerprint density at radius 2 is 1.93 bits per heavy atom. The van der Waals surface area contributed by atoms with Crippen LogP contribution in [-0.4, -0.2) is 64.4 Å². The second-order valence-corrected chi connectivity index (χ2v) is 4.04. The lowest BCUT2D eigenvalue weighted by Crippen LogP contribution is -2.44. The Balaban J connectivity index is 1.79. The third-order valence-electron chi connectivity index (χ3n) is 2.74. The fourth-order valence-corrected chi connectivity index (χ4v) is 1.83. The summed E-state index contributed by atoms with van der Waals surface area (Å²) in [7, 11) is 1.75. The van der Waals surface area contributed by atoms with Crippen LogP contribution in [0, 0.1) is 0 Å². The lowest BCUT2D eigenvalue weighted by molar-refractivity contribution is 0.194. The minimum absolute atomic E-state index is 0.866. The predicted molar refractivity (Wildman–Crippen MR) is 63.3 cm³/mol. The van der Waals surface area contributed by atoms with Crippen LogP contribution in [0.5, 0.6) is 0 Å². The van der Waals surface area contributed by atoms with Crippen molar-refractivity contribution >= 4 is 0 Å². The van der Waals surface area contributed by atoms with E-state index < -0.39 is 0 Å². The molecular weight excluding hydrogens is 190 g/mol. The largest absolute Gasteiger partial charge is 0.385 e. The van der Waals surface area contributed by atoms with Crippen molar-refractivity contribution in [2.75, 3.05) is 59.5 Å². The maximum Gasteiger partial charge on any atom is 0.0474 e. The van der Waals surface area contributed by atoms with E-state index in [2.05, 4.69) is 15.5 Å². The van der Waals surface area contributed by atoms with Crippen molar-refractivity contribution < 1.29 is 4.74 Å². The summed E-state index contributed by atoms with van der Waals surface area (Å²) >= 11 is 0. The minimum Gasteiger partial charge on any atom is -0.385 e. The first-order valence-electron chi connectivity index (χ1n) is 6.06. The molecule has 1 heterocycles. The van der Waals surface area contributed by atoms with Gasteiger partial charge in [0.1, 0.15) is 0 Å². The Morgan fingerprint density at radius 1 is 1.20 bits per heavy atom. The van der Waals surface area contributed by atoms with Gasteiger partial charge in [-0.1, -0.05) is 0 Å². The average molecular weight is 215 g/mol. The second kappa shape index (κ2) is 9.09. The van der Waals surface area contributed by atoms with Crippen LogP contribution in [0.1, 0.15) is 12.8 Å². The lowest BCUT2D eigenvalue weighted by Gasteiger charge is -2.27. The van der Waals surface area contributed by atoms with Crippen LogP contribution >= 0.6 is 0 Å². The number of ether oxygens (including phenoxy) is 1. The van der Waals surface area contributed by atoms with Gasteiger partial charge in [0.05, 0.1) is 0 Å². The van der Waals surface area contributed by atoms with E-state index in [-0.39, 0.29) is 0 Å². The van der Waals surface area contributed by atoms with Gasteiger partial charge in [0.2, 0.25) is 0 Å². The predicted octanol–water partition coefficient (Wildman–Crippen LogP) is -0.0922. The van der Waals surface area contributed by atoms with Crippen molar-refractivity contribution in [1.82, 2.24) is 15.5 Å². The van der Waals surface area contributed by atoms with E-state index >= 15 is 0 Å². The molecule has 2 N–H and O–H groups in total. The SMILES string of the molecule is COCCCNCCCN1CCNCC1. The van der Waals surface area contributed by atoms with Crippen molar-refractivity contribution in [2.24, 2.45) is 0 Å². The molecule has 1 fully saturated rings. The minimum atomic E-state index is 0.866. The number of nitrogens with one attached hydrogen (secondary N) is 2. The summed E-state index contributed by atoms with van der Waals surface area (Å²) in [5, 5.41) is 6.81. The summed E-state index contributed by atoms with van der Waals surface area (Å²) in [6.45, 7) is 9.04. The van der Waals surface area contributed by atoms with Crippen LogP contribution in [0.2, 0.25) is 0 Å². The highest BCUT2D eigenvalue weighted by atomic mass is 16.5. The lowest BCUT2D eigenvalue weighted by atomic mass is 10.3. The molecule has 0 aliphatic carbocycles. The van der Waals surface area contributed by atoms with Gasteiger partial charge >= 0.3 is 0 Å². The molecule has 0 aromatic heterocycles. The van der Waals surface area contributed by atoms with E-state index in [1.165, 1.54) is 26.1 Å². The van der Waals surface area contributed by atoms with Crippen molar-refractivity contribution in [2.45, 2.75) is 12.8 Å². The number of nitrogens with zero attached hydrogens (tertiary/aromatic N) is 1. The van der Waals surface area contributed by atoms with Crippen molar-refractivity contribution in [1.29, 1.82) is 0 Å². The van der Waals surface area contributed by atoms with Gasteiger partial charge in [-0.2, -0.15) is 0 Å². The number of rotatable bonds is 8. The fourth-order valence-electron chi connectivity index (χ4n) is 1.83. The van der Waals surface area contributed by atoms with Gasteiger partial charge in [-0.15, -0.1) is 0 Å². The number of hydrogen-bond donors (Lipinski definition) is 2. The molecule has 0 amide bonds. The molecule has 0 atom stereocenters. The molecule has 1 rings (SSSR count). The molecule has 4 heteroatoms. The van der Waals surface area contributed by atoms with Crippen molar-refractivity contribution in [3.8, 4) is 0 Å². The van der Waals surface area contributed by atoms with Crippen LogP contribution in [0.4, 0.5) is 0 Å². The third-order valence-corrected chi connectivity index (χ3v) is 2.74. The summed E-state index contributed by atoms with van der Waals surface area (Å²) < 4.78 is 4.99. The van der Waals surface area contributed by atoms with Crippen LogP contribution < -0.4 is 10.6 Å². The highest BCUT2D eigenvalue weighted by Crippen LogP contribution is 1.93. The van der Waals surface area contributed by atoms with E-state index in [1.54, 1.807) is 7.11 Å². The smallest absolute Gasteiger partial charge is 0.0474 e. The molecule has 0 unspecified atom stereocenters. The quantitative estimate of drug-likeness (QED) is 0.555. The molecule has 0 aromatic carbocycles. The maximum atomic E-state index is 4.99. The van der Waals surface area contributed by atoms with Gasteiger partial charge in [-0.25, -0.2) is 0 Å². The zero-order chi connectivity index (χ0) is 10.8. The van der Waals surface area contributed by atoms with Gasteiger partial charge in [0, 0.05) is 39.9 Å². The van der Waals surface area contributed by atoms with E-state index in [1.807, 2.05) is 0 Å². The van der Waals surface area contributed by atoms with Crippen molar-refractivity contribution in [3.05, 3.63) is 0 Å². The molecular formula is C11H25N3O. The topological polar surface area (TPSA) is 36.5 Å². The van der Waals surface area contributed by atoms with E-state index in [0.29, 0.717) is 0 Å². The molecule has 90 valence electrons. The molecule has 15 heavy (non-hydrogen) atoms. The molecule has 0 radical (unpaired) electrons. The molecule has 1 saturated heterocycles. The highest BCUT2D eigenvalue weighted by Gasteiger charge is 2.07. The molecule has 0 aromatic rings. The van der Waals surface area contributed by atoms with Gasteiger partial charge < -0.3 is 20.3 Å². The first-order valence-corrected chi connectivity index (χ1v) is 6.06. The van der Waals surface area contributed by atoms with Crippen LogP contribution in [0.3, 0.4) is 0 Å². The number of hydrogen-bond acceptors (Lipinski definition) is 4. The Hall–Kier alpha value is -0.160. The van der Waals surface area contributed by atoms with E-state index in [0.717, 1.165) is 39.2 Å². The fraction of sp³-hybridized carbons (Fsp3) is 1.00. The van der Waals surface area contributed by atoms with Gasteiger partial charge in [-0.3, -0.25) is 0 Å². The van der Waals surface area contributed by atoms with Crippen LogP contribution in [0.25, 0.3) is 0 Å². The van der Waals surface area contributed by atoms with Gasteiger partial charge in [-0.05, 0) is 32.5 Å². The summed E-state index contributed by atoms with van der Waals surface area (Å²) in [5.41, 5.74) is 0. The normalized spacial score (nSPS) is 18.2. The van der Waals surface area contributed by atoms with Crippen LogP contribution in [0.15, 0.2) is 0 Å². The summed E-state index contributed by atoms with van der Waals surface area (Å²) in [4.78, 5) is 2.54. The monoisotopic (exact) mass is 215 g/mol. The van der Waals surface area contributed by atoms with Gasteiger partial charge in [0.15, 0.2) is 0 Å². The Bertz CT molecular complexity index is 138. The zero-order valence-electron chi connectivity index (χ0n) is 9.93. The third kappa shape index (κ3) is 6.84. The zero-order valence-corrected chi connectivity index (χ0v) is 9.93. The summed E-state index contributed by atoms with van der Waals surface area (Å²) in [5.74, 6) is 0. The van der Waals surface area contributed by atoms with Crippen molar-refractivity contribution in [3.63, 3.8) is 0 Å². The first kappa shape index (κ1) is 12.9. The Morgan fingerprint density at radius 3 is 2.67 bits per heavy atom. The Labute approximate surface area is 93.4 Å². The summed E-state index contributed by atoms with van der Waals surface area (Å²) in [6, 6.07) is 0. The first-order chi connectivity index (χ1) is 7.43. The van der Waals surface area contributed by atoms with E-state index in [9.17, 15) is 0 Å². The maximum absolute atomic E-state index is 4.99. The summed E-state index contributed by atoms with van der Waals surface area (Å²) in [6.07, 6.45) is 2.37. The molecule has 1 aliphatic heterocycles. The molecule has 4 nitrogen and oxygen atoms in total.